The molecule has 188 valence electrons. The van der Waals surface area contributed by atoms with Crippen molar-refractivity contribution in [1.29, 1.82) is 0 Å². The van der Waals surface area contributed by atoms with Crippen molar-refractivity contribution in [3.63, 3.8) is 0 Å². The zero-order valence-corrected chi connectivity index (χ0v) is 20.1. The molecule has 1 aromatic rings. The third-order valence-corrected chi connectivity index (χ3v) is 4.58. The topological polar surface area (TPSA) is 177 Å². The Hall–Kier alpha value is -3.83. The molecule has 0 aliphatic carbocycles. The average Bonchev–Trinajstić information content (AvgIpc) is 2.72. The van der Waals surface area contributed by atoms with E-state index in [2.05, 4.69) is 15.4 Å². The van der Waals surface area contributed by atoms with Gasteiger partial charge in [-0.1, -0.05) is 18.2 Å². The molecule has 0 aromatic heterocycles. The zero-order chi connectivity index (χ0) is 26.2. The summed E-state index contributed by atoms with van der Waals surface area (Å²) < 4.78 is 9.65. The monoisotopic (exact) mass is 480 g/mol. The molecule has 2 atom stereocenters. The van der Waals surface area contributed by atoms with Crippen LogP contribution < -0.4 is 16.4 Å². The molecule has 12 heteroatoms. The molecule has 1 aromatic carbocycles. The number of carbonyl (C=O) groups excluding carboxylic acids is 5. The summed E-state index contributed by atoms with van der Waals surface area (Å²) in [7, 11) is 2.39. The SMILES string of the molecule is COC(=O)CNC(=O)C(c1cccc(C)c1O)N(C)C(=O)C(CC(N)=O)NC(=O)OC(C)(C)C. The fraction of sp³-hybridized carbons (Fsp3) is 0.500. The van der Waals surface area contributed by atoms with Crippen molar-refractivity contribution in [2.45, 2.75) is 51.8 Å². The van der Waals surface area contributed by atoms with Crippen molar-refractivity contribution in [3.8, 4) is 5.75 Å². The molecular weight excluding hydrogens is 448 g/mol. The number of aromatic hydroxyl groups is 1. The number of phenolic OH excluding ortho intramolecular Hbond substituents is 1. The fourth-order valence-electron chi connectivity index (χ4n) is 2.98. The number of hydrogen-bond acceptors (Lipinski definition) is 8. The van der Waals surface area contributed by atoms with E-state index in [1.54, 1.807) is 39.8 Å². The van der Waals surface area contributed by atoms with Gasteiger partial charge in [-0.25, -0.2) is 4.79 Å². The van der Waals surface area contributed by atoms with Crippen molar-refractivity contribution >= 4 is 29.8 Å². The lowest BCUT2D eigenvalue weighted by Gasteiger charge is -2.31. The summed E-state index contributed by atoms with van der Waals surface area (Å²) in [5.74, 6) is -3.52. The molecule has 34 heavy (non-hydrogen) atoms. The van der Waals surface area contributed by atoms with Gasteiger partial charge in [0.2, 0.25) is 17.7 Å². The molecule has 0 saturated carbocycles. The van der Waals surface area contributed by atoms with Crippen LogP contribution in [0.4, 0.5) is 4.79 Å². The molecule has 0 aliphatic rings. The average molecular weight is 481 g/mol. The molecule has 0 spiro atoms. The summed E-state index contributed by atoms with van der Waals surface area (Å²) in [6, 6.07) is 1.72. The lowest BCUT2D eigenvalue weighted by molar-refractivity contribution is -0.144. The Labute approximate surface area is 197 Å². The van der Waals surface area contributed by atoms with E-state index in [9.17, 15) is 29.1 Å². The summed E-state index contributed by atoms with van der Waals surface area (Å²) in [4.78, 5) is 62.5. The Balaban J connectivity index is 3.34. The number of esters is 1. The van der Waals surface area contributed by atoms with Gasteiger partial charge >= 0.3 is 12.1 Å². The van der Waals surface area contributed by atoms with Crippen LogP contribution in [-0.2, 0) is 28.7 Å². The molecule has 0 bridgehead atoms. The molecule has 0 radical (unpaired) electrons. The van der Waals surface area contributed by atoms with Crippen LogP contribution in [0.3, 0.4) is 0 Å². The summed E-state index contributed by atoms with van der Waals surface area (Å²) in [5, 5.41) is 15.2. The molecule has 0 aliphatic heterocycles. The minimum absolute atomic E-state index is 0.0632. The first-order chi connectivity index (χ1) is 15.7. The van der Waals surface area contributed by atoms with Gasteiger partial charge in [0.05, 0.1) is 13.5 Å². The van der Waals surface area contributed by atoms with Gasteiger partial charge in [-0.05, 0) is 33.3 Å². The van der Waals surface area contributed by atoms with E-state index in [-0.39, 0.29) is 11.3 Å². The molecule has 0 heterocycles. The number of carbonyl (C=O) groups is 5. The Morgan fingerprint density at radius 1 is 1.18 bits per heavy atom. The van der Waals surface area contributed by atoms with Crippen molar-refractivity contribution in [3.05, 3.63) is 29.3 Å². The normalized spacial score (nSPS) is 12.6. The third kappa shape index (κ3) is 8.26. The van der Waals surface area contributed by atoms with E-state index in [1.165, 1.54) is 13.1 Å². The first-order valence-corrected chi connectivity index (χ1v) is 10.4. The van der Waals surface area contributed by atoms with Gasteiger partial charge in [0, 0.05) is 12.6 Å². The molecule has 4 amide bonds. The lowest BCUT2D eigenvalue weighted by atomic mass is 9.99. The maximum absolute atomic E-state index is 13.3. The van der Waals surface area contributed by atoms with Crippen LogP contribution in [-0.4, -0.2) is 72.1 Å². The highest BCUT2D eigenvalue weighted by atomic mass is 16.6. The number of ether oxygens (including phenoxy) is 2. The third-order valence-electron chi connectivity index (χ3n) is 4.58. The second kappa shape index (κ2) is 11.9. The Bertz CT molecular complexity index is 941. The number of benzene rings is 1. The van der Waals surface area contributed by atoms with E-state index >= 15 is 0 Å². The van der Waals surface area contributed by atoms with Crippen LogP contribution in [0, 0.1) is 6.92 Å². The number of nitrogens with two attached hydrogens (primary N) is 1. The van der Waals surface area contributed by atoms with Crippen LogP contribution in [0.2, 0.25) is 0 Å². The van der Waals surface area contributed by atoms with Gasteiger partial charge in [-0.15, -0.1) is 0 Å². The van der Waals surface area contributed by atoms with Crippen LogP contribution in [0.25, 0.3) is 0 Å². The number of phenols is 1. The molecule has 5 N–H and O–H groups in total. The quantitative estimate of drug-likeness (QED) is 0.364. The largest absolute Gasteiger partial charge is 0.507 e. The van der Waals surface area contributed by atoms with Crippen molar-refractivity contribution < 1.29 is 38.6 Å². The maximum Gasteiger partial charge on any atom is 0.408 e. The lowest BCUT2D eigenvalue weighted by Crippen LogP contribution is -2.53. The first-order valence-electron chi connectivity index (χ1n) is 10.4. The van der Waals surface area contributed by atoms with Crippen molar-refractivity contribution in [2.75, 3.05) is 20.7 Å². The van der Waals surface area contributed by atoms with Gasteiger partial charge in [0.15, 0.2) is 0 Å². The van der Waals surface area contributed by atoms with Crippen LogP contribution >= 0.6 is 0 Å². The minimum atomic E-state index is -1.46. The Morgan fingerprint density at radius 3 is 2.32 bits per heavy atom. The second-order valence-corrected chi connectivity index (χ2v) is 8.53. The van der Waals surface area contributed by atoms with E-state index in [0.29, 0.717) is 5.56 Å². The Kier molecular flexibility index (Phi) is 9.84. The van der Waals surface area contributed by atoms with Crippen LogP contribution in [0.15, 0.2) is 18.2 Å². The van der Waals surface area contributed by atoms with Crippen LogP contribution in [0.5, 0.6) is 5.75 Å². The summed E-state index contributed by atoms with van der Waals surface area (Å²) in [5.41, 5.74) is 4.87. The smallest absolute Gasteiger partial charge is 0.408 e. The van der Waals surface area contributed by atoms with E-state index in [1.807, 2.05) is 0 Å². The second-order valence-electron chi connectivity index (χ2n) is 8.53. The number of nitrogens with one attached hydrogen (secondary N) is 2. The maximum atomic E-state index is 13.3. The van der Waals surface area contributed by atoms with Gasteiger partial charge < -0.3 is 35.8 Å². The Morgan fingerprint density at radius 2 is 1.79 bits per heavy atom. The summed E-state index contributed by atoms with van der Waals surface area (Å²) in [6.45, 7) is 5.97. The van der Waals surface area contributed by atoms with Crippen molar-refractivity contribution in [1.82, 2.24) is 15.5 Å². The first kappa shape index (κ1) is 28.2. The number of rotatable bonds is 9. The van der Waals surface area contributed by atoms with Gasteiger partial charge in [-0.3, -0.25) is 19.2 Å². The van der Waals surface area contributed by atoms with E-state index < -0.39 is 60.4 Å². The predicted molar refractivity (Wildman–Crippen MR) is 120 cm³/mol. The molecule has 1 rings (SSSR count). The number of primary amides is 1. The van der Waals surface area contributed by atoms with Gasteiger partial charge in [0.25, 0.3) is 0 Å². The minimum Gasteiger partial charge on any atom is -0.507 e. The predicted octanol–water partition coefficient (Wildman–Crippen LogP) is 0.258. The van der Waals surface area contributed by atoms with E-state index in [4.69, 9.17) is 10.5 Å². The van der Waals surface area contributed by atoms with Gasteiger partial charge in [-0.2, -0.15) is 0 Å². The number of amides is 4. The molecule has 2 unspecified atom stereocenters. The highest BCUT2D eigenvalue weighted by Crippen LogP contribution is 2.31. The number of nitrogens with zero attached hydrogens (tertiary/aromatic N) is 1. The number of hydrogen-bond donors (Lipinski definition) is 4. The van der Waals surface area contributed by atoms with Gasteiger partial charge in [0.1, 0.15) is 30.0 Å². The highest BCUT2D eigenvalue weighted by Gasteiger charge is 2.36. The standard InChI is InChI=1S/C22H32N4O8/c1-12-8-7-9-13(18(12)29)17(19(30)24-11-16(28)33-6)26(5)20(31)14(10-15(23)27)25-21(32)34-22(2,3)4/h7-9,14,17,29H,10-11H2,1-6H3,(H2,23,27)(H,24,30)(H,25,32). The van der Waals surface area contributed by atoms with E-state index in [0.717, 1.165) is 12.0 Å². The number of likely N-dealkylation sites (N-methyl/N-ethyl adjacent to an activating group) is 1. The molecule has 12 nitrogen and oxygen atoms in total. The molecule has 0 fully saturated rings. The number of aryl methyl sites for hydroxylation is 1. The number of para-hydroxylation sites is 1. The number of methoxy groups -OCH3 is 1. The molecular formula is C22H32N4O8. The zero-order valence-electron chi connectivity index (χ0n) is 20.1. The van der Waals surface area contributed by atoms with Crippen molar-refractivity contribution in [2.24, 2.45) is 5.73 Å². The summed E-state index contributed by atoms with van der Waals surface area (Å²) >= 11 is 0. The molecule has 0 saturated heterocycles. The number of alkyl carbamates (subject to hydrolysis) is 1. The highest BCUT2D eigenvalue weighted by molar-refractivity contribution is 5.95. The fourth-order valence-corrected chi connectivity index (χ4v) is 2.98. The summed E-state index contributed by atoms with van der Waals surface area (Å²) in [6.07, 6.45) is -1.54. The van der Waals surface area contributed by atoms with Crippen LogP contribution in [0.1, 0.15) is 44.4 Å².